The number of halogens is 2. The fraction of sp³-hybridized carbons (Fsp3) is 0.667. The van der Waals surface area contributed by atoms with Crippen LogP contribution in [0.2, 0.25) is 0 Å². The van der Waals surface area contributed by atoms with Gasteiger partial charge in [0.05, 0.1) is 11.8 Å². The van der Waals surface area contributed by atoms with Crippen LogP contribution in [-0.4, -0.2) is 56.2 Å². The van der Waals surface area contributed by atoms with Crippen LogP contribution in [0.15, 0.2) is 12.4 Å². The van der Waals surface area contributed by atoms with Gasteiger partial charge in [-0.25, -0.2) is 13.8 Å². The van der Waals surface area contributed by atoms with E-state index in [1.165, 1.54) is 12.4 Å². The molecule has 2 aromatic heterocycles. The monoisotopic (exact) mass is 379 g/mol. The highest BCUT2D eigenvalue weighted by Gasteiger charge is 2.28. The number of rotatable bonds is 5. The molecule has 0 aliphatic carbocycles. The smallest absolute Gasteiger partial charge is 0.280 e. The number of amides is 1. The maximum Gasteiger partial charge on any atom is 0.280 e. The zero-order valence-corrected chi connectivity index (χ0v) is 15.1. The van der Waals surface area contributed by atoms with E-state index in [4.69, 9.17) is 4.74 Å². The summed E-state index contributed by atoms with van der Waals surface area (Å²) in [6.45, 7) is 1.99. The Balaban J connectivity index is 1.46. The van der Waals surface area contributed by atoms with Crippen molar-refractivity contribution in [2.75, 3.05) is 19.7 Å². The van der Waals surface area contributed by atoms with Crippen LogP contribution in [0.3, 0.4) is 0 Å². The number of fused-ring (bicyclic) bond motifs is 1. The predicted octanol–water partition coefficient (Wildman–Crippen LogP) is 2.73. The van der Waals surface area contributed by atoms with Crippen LogP contribution < -0.4 is 0 Å². The third-order valence-corrected chi connectivity index (χ3v) is 5.42. The van der Waals surface area contributed by atoms with Gasteiger partial charge in [-0.05, 0) is 38.2 Å². The van der Waals surface area contributed by atoms with Gasteiger partial charge in [0.2, 0.25) is 5.91 Å². The fourth-order valence-electron chi connectivity index (χ4n) is 3.98. The Bertz CT molecular complexity index is 806. The molecule has 4 rings (SSSR count). The van der Waals surface area contributed by atoms with E-state index in [1.54, 1.807) is 0 Å². The number of hydrogen-bond acceptors (Lipinski definition) is 5. The van der Waals surface area contributed by atoms with Gasteiger partial charge in [0, 0.05) is 32.0 Å². The van der Waals surface area contributed by atoms with Gasteiger partial charge in [-0.2, -0.15) is 14.6 Å². The lowest BCUT2D eigenvalue weighted by molar-refractivity contribution is -0.133. The van der Waals surface area contributed by atoms with E-state index in [-0.39, 0.29) is 29.4 Å². The maximum atomic E-state index is 13.4. The van der Waals surface area contributed by atoms with Gasteiger partial charge in [0.15, 0.2) is 0 Å². The number of likely N-dealkylation sites (tertiary alicyclic amines) is 1. The van der Waals surface area contributed by atoms with Gasteiger partial charge in [0.25, 0.3) is 12.2 Å². The lowest BCUT2D eigenvalue weighted by Crippen LogP contribution is -2.39. The molecule has 0 radical (unpaired) electrons. The molecule has 0 spiro atoms. The number of carbonyl (C=O) groups excluding carboxylic acids is 1. The number of hydrogen-bond donors (Lipinski definition) is 0. The molecule has 0 unspecified atom stereocenters. The summed E-state index contributed by atoms with van der Waals surface area (Å²) in [6.07, 6.45) is 3.71. The van der Waals surface area contributed by atoms with E-state index in [0.29, 0.717) is 25.2 Å². The highest BCUT2D eigenvalue weighted by molar-refractivity contribution is 5.76. The van der Waals surface area contributed by atoms with Crippen LogP contribution in [0, 0.1) is 0 Å². The van der Waals surface area contributed by atoms with Crippen LogP contribution >= 0.6 is 0 Å². The molecule has 2 fully saturated rings. The van der Waals surface area contributed by atoms with Gasteiger partial charge in [-0.15, -0.1) is 0 Å². The minimum absolute atomic E-state index is 0.0652. The largest absolute Gasteiger partial charge is 0.378 e. The minimum atomic E-state index is -2.66. The summed E-state index contributed by atoms with van der Waals surface area (Å²) in [5.41, 5.74) is 0.344. The summed E-state index contributed by atoms with van der Waals surface area (Å²) < 4.78 is 33.4. The molecule has 0 bridgehead atoms. The predicted molar refractivity (Wildman–Crippen MR) is 92.5 cm³/mol. The lowest BCUT2D eigenvalue weighted by atomic mass is 9.93. The van der Waals surface area contributed by atoms with Crippen molar-refractivity contribution in [2.45, 2.75) is 57.0 Å². The first kappa shape index (κ1) is 18.2. The number of nitrogens with zero attached hydrogens (tertiary/aromatic N) is 5. The quantitative estimate of drug-likeness (QED) is 0.799. The first-order valence-corrected chi connectivity index (χ1v) is 9.50. The molecule has 2 saturated heterocycles. The molecule has 0 aromatic carbocycles. The van der Waals surface area contributed by atoms with Gasteiger partial charge in [-0.1, -0.05) is 0 Å². The average Bonchev–Trinajstić information content (AvgIpc) is 3.36. The Labute approximate surface area is 155 Å². The zero-order valence-electron chi connectivity index (χ0n) is 15.1. The van der Waals surface area contributed by atoms with Gasteiger partial charge < -0.3 is 9.64 Å². The van der Waals surface area contributed by atoms with Crippen molar-refractivity contribution in [3.63, 3.8) is 0 Å². The summed E-state index contributed by atoms with van der Waals surface area (Å²) in [4.78, 5) is 22.8. The molecule has 2 aliphatic rings. The number of piperidine rings is 1. The number of ether oxygens (including phenoxy) is 1. The zero-order chi connectivity index (χ0) is 18.8. The Morgan fingerprint density at radius 1 is 1.33 bits per heavy atom. The van der Waals surface area contributed by atoms with Crippen LogP contribution in [-0.2, 0) is 9.53 Å². The second kappa shape index (κ2) is 7.84. The Morgan fingerprint density at radius 2 is 2.22 bits per heavy atom. The Kier molecular flexibility index (Phi) is 5.29. The third-order valence-electron chi connectivity index (χ3n) is 5.42. The molecular weight excluding hydrogens is 356 g/mol. The van der Waals surface area contributed by atoms with Crippen molar-refractivity contribution in [3.8, 4) is 0 Å². The van der Waals surface area contributed by atoms with E-state index in [2.05, 4.69) is 15.1 Å². The topological polar surface area (TPSA) is 72.6 Å². The lowest BCUT2D eigenvalue weighted by Gasteiger charge is -2.33. The molecule has 27 heavy (non-hydrogen) atoms. The molecule has 2 aromatic rings. The van der Waals surface area contributed by atoms with Crippen LogP contribution in [0.1, 0.15) is 62.3 Å². The van der Waals surface area contributed by atoms with Crippen molar-refractivity contribution in [1.29, 1.82) is 0 Å². The second-order valence-corrected chi connectivity index (χ2v) is 7.23. The van der Waals surface area contributed by atoms with Gasteiger partial charge in [0.1, 0.15) is 12.0 Å². The molecule has 7 nitrogen and oxygen atoms in total. The minimum Gasteiger partial charge on any atom is -0.378 e. The summed E-state index contributed by atoms with van der Waals surface area (Å²) >= 11 is 0. The first-order valence-electron chi connectivity index (χ1n) is 9.50. The van der Waals surface area contributed by atoms with Gasteiger partial charge in [-0.3, -0.25) is 4.79 Å². The van der Waals surface area contributed by atoms with E-state index in [1.807, 2.05) is 4.90 Å². The van der Waals surface area contributed by atoms with Crippen LogP contribution in [0.4, 0.5) is 8.78 Å². The fourth-order valence-corrected chi connectivity index (χ4v) is 3.98. The molecule has 0 saturated carbocycles. The summed E-state index contributed by atoms with van der Waals surface area (Å²) in [6, 6.07) is 1.40. The van der Waals surface area contributed by atoms with Crippen molar-refractivity contribution < 1.29 is 18.3 Å². The normalized spacial score (nSPS) is 23.4. The molecule has 2 aliphatic heterocycles. The van der Waals surface area contributed by atoms with E-state index >= 15 is 0 Å². The van der Waals surface area contributed by atoms with Crippen LogP contribution in [0.5, 0.6) is 0 Å². The number of carbonyl (C=O) groups is 1. The maximum absolute atomic E-state index is 13.4. The summed E-state index contributed by atoms with van der Waals surface area (Å²) in [7, 11) is 0. The van der Waals surface area contributed by atoms with Crippen molar-refractivity contribution in [1.82, 2.24) is 24.5 Å². The Hall–Kier alpha value is -2.16. The molecule has 4 heterocycles. The average molecular weight is 379 g/mol. The first-order chi connectivity index (χ1) is 13.1. The van der Waals surface area contributed by atoms with Crippen molar-refractivity contribution in [2.24, 2.45) is 0 Å². The molecule has 2 atom stereocenters. The summed E-state index contributed by atoms with van der Waals surface area (Å²) in [5, 5.41) is 3.82. The highest BCUT2D eigenvalue weighted by Crippen LogP contribution is 2.29. The molecule has 0 N–H and O–H groups in total. The summed E-state index contributed by atoms with van der Waals surface area (Å²) in [5.74, 6) is 0.210. The highest BCUT2D eigenvalue weighted by atomic mass is 19.3. The van der Waals surface area contributed by atoms with Gasteiger partial charge >= 0.3 is 0 Å². The van der Waals surface area contributed by atoms with E-state index in [0.717, 1.165) is 43.2 Å². The number of alkyl halides is 2. The van der Waals surface area contributed by atoms with E-state index in [9.17, 15) is 13.6 Å². The van der Waals surface area contributed by atoms with Crippen molar-refractivity contribution >= 4 is 11.7 Å². The second-order valence-electron chi connectivity index (χ2n) is 7.23. The standard InChI is InChI=1S/C18H23F2N5O2/c19-17(20)15-9-14(23-18-21-11-22-25(15)18)12-3-1-7-24(10-12)16(26)6-5-13-4-2-8-27-13/h9,11-13,17H,1-8,10H2/t12-,13-/m1/s1. The van der Waals surface area contributed by atoms with Crippen LogP contribution in [0.25, 0.3) is 5.78 Å². The SMILES string of the molecule is O=C(CC[C@H]1CCCO1)N1CCC[C@@H](c2cc(C(F)F)n3ncnc3n2)C1. The number of aromatic nitrogens is 4. The molecule has 1 amide bonds. The van der Waals surface area contributed by atoms with E-state index < -0.39 is 6.43 Å². The molecule has 9 heteroatoms. The Morgan fingerprint density at radius 3 is 3.00 bits per heavy atom. The third kappa shape index (κ3) is 3.92. The molecular formula is C18H23F2N5O2. The van der Waals surface area contributed by atoms with Crippen molar-refractivity contribution in [3.05, 3.63) is 23.8 Å². The molecule has 146 valence electrons.